The van der Waals surface area contributed by atoms with Crippen LogP contribution >= 0.6 is 66.7 Å². The lowest BCUT2D eigenvalue weighted by atomic mass is 10.1. The Labute approximate surface area is 143 Å². The average molecular weight is 450 g/mol. The molecular weight excluding hydrogens is 440 g/mol. The third-order valence-corrected chi connectivity index (χ3v) is 5.93. The summed E-state index contributed by atoms with van der Waals surface area (Å²) < 4.78 is 5.05. The largest absolute Gasteiger partial charge is 0.446 e. The molecule has 0 atom stereocenters. The Morgan fingerprint density at radius 3 is 2.37 bits per heavy atom. The van der Waals surface area contributed by atoms with Gasteiger partial charge in [0.05, 0.1) is 0 Å². The summed E-state index contributed by atoms with van der Waals surface area (Å²) in [4.78, 5) is 4.56. The molecule has 0 aliphatic carbocycles. The number of hydrogen-bond donors (Lipinski definition) is 0. The Hall–Kier alpha value is 0.520. The van der Waals surface area contributed by atoms with Gasteiger partial charge in [-0.05, 0) is 63.4 Å². The normalized spacial score (nSPS) is 20.1. The van der Waals surface area contributed by atoms with E-state index in [1.165, 1.54) is 0 Å². The van der Waals surface area contributed by atoms with Crippen molar-refractivity contribution in [3.8, 4) is 0 Å². The monoisotopic (exact) mass is 447 g/mol. The third-order valence-electron chi connectivity index (χ3n) is 2.84. The number of nitrogens with zero attached hydrogens (tertiary/aromatic N) is 1. The van der Waals surface area contributed by atoms with E-state index < -0.39 is 8.96 Å². The van der Waals surface area contributed by atoms with Crippen LogP contribution in [0.5, 0.6) is 0 Å². The lowest BCUT2D eigenvalue weighted by molar-refractivity contribution is 0.224. The predicted octanol–water partition coefficient (Wildman–Crippen LogP) is 5.73. The highest BCUT2D eigenvalue weighted by molar-refractivity contribution is 9.25. The van der Waals surface area contributed by atoms with Gasteiger partial charge in [0, 0.05) is 21.5 Å². The number of ether oxygens (including phenoxy) is 1. The van der Waals surface area contributed by atoms with Gasteiger partial charge < -0.3 is 4.74 Å². The second kappa shape index (κ2) is 5.38. The van der Waals surface area contributed by atoms with E-state index in [1.807, 2.05) is 13.8 Å². The van der Waals surface area contributed by atoms with Gasteiger partial charge in [-0.1, -0.05) is 23.2 Å². The standard InChI is InChI=1S/C12H10Br2Cl3NO/c1-11(2)12(13,14)19-10(18-11)7-3-6(16)4-9(17)8(7)5-15/h3-4H,5H2,1-2H3. The molecule has 0 spiro atoms. The number of halogens is 5. The van der Waals surface area contributed by atoms with E-state index in [4.69, 9.17) is 39.5 Å². The number of benzene rings is 1. The van der Waals surface area contributed by atoms with Crippen molar-refractivity contribution in [3.63, 3.8) is 0 Å². The van der Waals surface area contributed by atoms with E-state index in [9.17, 15) is 0 Å². The summed E-state index contributed by atoms with van der Waals surface area (Å²) in [6.45, 7) is 3.88. The van der Waals surface area contributed by atoms with Crippen molar-refractivity contribution in [3.05, 3.63) is 33.3 Å². The van der Waals surface area contributed by atoms with E-state index in [0.717, 1.165) is 5.56 Å². The molecule has 0 N–H and O–H groups in total. The molecule has 0 saturated heterocycles. The van der Waals surface area contributed by atoms with Gasteiger partial charge in [-0.15, -0.1) is 11.6 Å². The lowest BCUT2D eigenvalue weighted by Gasteiger charge is -2.26. The third kappa shape index (κ3) is 2.93. The fraction of sp³-hybridized carbons (Fsp3) is 0.417. The zero-order valence-electron chi connectivity index (χ0n) is 10.1. The van der Waals surface area contributed by atoms with Crippen LogP contribution in [0.3, 0.4) is 0 Å². The minimum atomic E-state index is -0.763. The van der Waals surface area contributed by atoms with Gasteiger partial charge in [0.15, 0.2) is 0 Å². The summed E-state index contributed by atoms with van der Waals surface area (Å²) in [6.07, 6.45) is 0. The van der Waals surface area contributed by atoms with E-state index in [2.05, 4.69) is 36.9 Å². The van der Waals surface area contributed by atoms with Gasteiger partial charge in [-0.2, -0.15) is 0 Å². The maximum atomic E-state index is 6.15. The minimum Gasteiger partial charge on any atom is -0.446 e. The maximum Gasteiger partial charge on any atom is 0.244 e. The van der Waals surface area contributed by atoms with Gasteiger partial charge >= 0.3 is 0 Å². The zero-order valence-corrected chi connectivity index (χ0v) is 15.5. The molecule has 1 aliphatic rings. The molecule has 19 heavy (non-hydrogen) atoms. The highest BCUT2D eigenvalue weighted by Crippen LogP contribution is 2.47. The predicted molar refractivity (Wildman–Crippen MR) is 88.3 cm³/mol. The van der Waals surface area contributed by atoms with Crippen LogP contribution in [0, 0.1) is 0 Å². The fourth-order valence-electron chi connectivity index (χ4n) is 1.63. The number of aliphatic imine (C=N–C) groups is 1. The van der Waals surface area contributed by atoms with Crippen LogP contribution in [-0.4, -0.2) is 14.9 Å². The van der Waals surface area contributed by atoms with E-state index in [0.29, 0.717) is 21.5 Å². The molecule has 0 radical (unpaired) electrons. The molecule has 0 amide bonds. The van der Waals surface area contributed by atoms with Crippen LogP contribution < -0.4 is 0 Å². The van der Waals surface area contributed by atoms with Crippen LogP contribution in [0.25, 0.3) is 0 Å². The van der Waals surface area contributed by atoms with Crippen LogP contribution in [0.2, 0.25) is 10.0 Å². The molecule has 104 valence electrons. The average Bonchev–Trinajstić information content (AvgIpc) is 2.47. The molecule has 0 bridgehead atoms. The molecule has 1 aliphatic heterocycles. The lowest BCUT2D eigenvalue weighted by Crippen LogP contribution is -2.35. The first-order valence-electron chi connectivity index (χ1n) is 5.39. The molecule has 1 aromatic carbocycles. The van der Waals surface area contributed by atoms with Crippen molar-refractivity contribution < 1.29 is 4.74 Å². The van der Waals surface area contributed by atoms with Crippen LogP contribution in [0.1, 0.15) is 25.0 Å². The molecule has 0 saturated carbocycles. The van der Waals surface area contributed by atoms with Gasteiger partial charge in [-0.25, -0.2) is 4.99 Å². The van der Waals surface area contributed by atoms with Gasteiger partial charge in [0.25, 0.3) is 0 Å². The van der Waals surface area contributed by atoms with Crippen molar-refractivity contribution in [1.82, 2.24) is 0 Å². The van der Waals surface area contributed by atoms with Crippen molar-refractivity contribution in [2.24, 2.45) is 4.99 Å². The Morgan fingerprint density at radius 2 is 1.89 bits per heavy atom. The summed E-state index contributed by atoms with van der Waals surface area (Å²) in [6, 6.07) is 3.40. The smallest absolute Gasteiger partial charge is 0.244 e. The van der Waals surface area contributed by atoms with Crippen molar-refractivity contribution in [1.29, 1.82) is 0 Å². The molecule has 7 heteroatoms. The second-order valence-electron chi connectivity index (χ2n) is 4.64. The zero-order chi connectivity index (χ0) is 14.4. The number of hydrogen-bond acceptors (Lipinski definition) is 2. The second-order valence-corrected chi connectivity index (χ2v) is 9.05. The summed E-state index contributed by atoms with van der Waals surface area (Å²) >= 11 is 25.1. The first-order valence-corrected chi connectivity index (χ1v) is 8.26. The fourth-order valence-corrected chi connectivity index (χ4v) is 3.03. The molecule has 1 aromatic rings. The Balaban J connectivity index is 2.56. The molecule has 0 unspecified atom stereocenters. The summed E-state index contributed by atoms with van der Waals surface area (Å²) in [7, 11) is 0. The van der Waals surface area contributed by atoms with E-state index >= 15 is 0 Å². The Bertz CT molecular complexity index is 558. The van der Waals surface area contributed by atoms with Crippen molar-refractivity contribution >= 4 is 72.6 Å². The van der Waals surface area contributed by atoms with Gasteiger partial charge in [0.1, 0.15) is 5.54 Å². The van der Waals surface area contributed by atoms with Crippen LogP contribution in [0.15, 0.2) is 17.1 Å². The van der Waals surface area contributed by atoms with Crippen molar-refractivity contribution in [2.75, 3.05) is 0 Å². The molecule has 2 rings (SSSR count). The van der Waals surface area contributed by atoms with E-state index in [1.54, 1.807) is 12.1 Å². The van der Waals surface area contributed by atoms with E-state index in [-0.39, 0.29) is 5.88 Å². The molecule has 1 heterocycles. The topological polar surface area (TPSA) is 21.6 Å². The molecular formula is C12H10Br2Cl3NO. The summed E-state index contributed by atoms with van der Waals surface area (Å²) in [5, 5.41) is 1.02. The van der Waals surface area contributed by atoms with Crippen LogP contribution in [0.4, 0.5) is 0 Å². The Kier molecular flexibility index (Phi) is 4.50. The molecule has 0 aromatic heterocycles. The summed E-state index contributed by atoms with van der Waals surface area (Å²) in [5.41, 5.74) is 0.974. The number of alkyl halides is 3. The maximum absolute atomic E-state index is 6.15. The van der Waals surface area contributed by atoms with Crippen LogP contribution in [-0.2, 0) is 10.6 Å². The Morgan fingerprint density at radius 1 is 1.26 bits per heavy atom. The molecule has 2 nitrogen and oxygen atoms in total. The SMILES string of the molecule is CC1(C)N=C(c2cc(Cl)cc(Cl)c2CCl)OC1(Br)Br. The highest BCUT2D eigenvalue weighted by atomic mass is 79.9. The summed E-state index contributed by atoms with van der Waals surface area (Å²) in [5.74, 6) is 0.713. The minimum absolute atomic E-state index is 0.256. The highest BCUT2D eigenvalue weighted by Gasteiger charge is 2.49. The number of rotatable bonds is 2. The van der Waals surface area contributed by atoms with Gasteiger partial charge in [0.2, 0.25) is 9.32 Å². The van der Waals surface area contributed by atoms with Crippen molar-refractivity contribution in [2.45, 2.75) is 28.7 Å². The first-order chi connectivity index (χ1) is 8.68. The van der Waals surface area contributed by atoms with Gasteiger partial charge in [-0.3, -0.25) is 0 Å². The first kappa shape index (κ1) is 15.9. The quantitative estimate of drug-likeness (QED) is 0.528. The molecule has 0 fully saturated rings.